The third kappa shape index (κ3) is 2.57. The van der Waals surface area contributed by atoms with Crippen molar-refractivity contribution in [3.05, 3.63) is 81.4 Å². The second-order valence-electron chi connectivity index (χ2n) is 10.0. The van der Waals surface area contributed by atoms with Crippen molar-refractivity contribution < 1.29 is 0 Å². The Morgan fingerprint density at radius 3 is 2.13 bits per heavy atom. The highest BCUT2D eigenvalue weighted by Crippen LogP contribution is 2.60. The quantitative estimate of drug-likeness (QED) is 0.426. The average molecular weight is 411 g/mol. The molecule has 160 valence electrons. The average Bonchev–Trinajstić information content (AvgIpc) is 2.98. The van der Waals surface area contributed by atoms with Crippen LogP contribution in [0.25, 0.3) is 0 Å². The summed E-state index contributed by atoms with van der Waals surface area (Å²) in [7, 11) is 0. The summed E-state index contributed by atoms with van der Waals surface area (Å²) < 4.78 is 0. The number of para-hydroxylation sites is 1. The molecule has 0 amide bonds. The smallest absolute Gasteiger partial charge is 0.108 e. The van der Waals surface area contributed by atoms with Crippen LogP contribution < -0.4 is 9.80 Å². The lowest BCUT2D eigenvalue weighted by Crippen LogP contribution is -2.40. The van der Waals surface area contributed by atoms with Gasteiger partial charge in [0, 0.05) is 11.1 Å². The van der Waals surface area contributed by atoms with Gasteiger partial charge in [0.1, 0.15) is 6.17 Å². The maximum Gasteiger partial charge on any atom is 0.108 e. The number of fused-ring (bicyclic) bond motifs is 2. The van der Waals surface area contributed by atoms with Gasteiger partial charge < -0.3 is 9.80 Å². The molecule has 2 aliphatic rings. The summed E-state index contributed by atoms with van der Waals surface area (Å²) in [6.07, 6.45) is 1.28. The molecule has 31 heavy (non-hydrogen) atoms. The zero-order valence-electron chi connectivity index (χ0n) is 20.2. The van der Waals surface area contributed by atoms with E-state index >= 15 is 0 Å². The number of aryl methyl sites for hydroxylation is 4. The van der Waals surface area contributed by atoms with Gasteiger partial charge in [-0.15, -0.1) is 0 Å². The van der Waals surface area contributed by atoms with E-state index in [9.17, 15) is 0 Å². The van der Waals surface area contributed by atoms with E-state index in [-0.39, 0.29) is 11.6 Å². The highest BCUT2D eigenvalue weighted by atomic mass is 15.4. The van der Waals surface area contributed by atoms with Crippen molar-refractivity contribution in [1.82, 2.24) is 0 Å². The SMILES string of the molecule is CCc1ccc2c(c1C)N1c3c(cc(C)cc3C2(C)C)N(c2c(C)cccc2C)[C@@H]1C. The number of benzene rings is 3. The molecule has 2 heteroatoms. The lowest BCUT2D eigenvalue weighted by atomic mass is 9.72. The van der Waals surface area contributed by atoms with E-state index in [0.717, 1.165) is 6.42 Å². The molecule has 0 unspecified atom stereocenters. The number of rotatable bonds is 2. The van der Waals surface area contributed by atoms with Crippen molar-refractivity contribution in [1.29, 1.82) is 0 Å². The molecule has 3 aromatic carbocycles. The summed E-state index contributed by atoms with van der Waals surface area (Å²) in [6, 6.07) is 16.2. The zero-order chi connectivity index (χ0) is 22.2. The third-order valence-electron chi connectivity index (χ3n) is 7.67. The summed E-state index contributed by atoms with van der Waals surface area (Å²) in [5.74, 6) is 0. The summed E-state index contributed by atoms with van der Waals surface area (Å²) in [5, 5.41) is 0. The van der Waals surface area contributed by atoms with Gasteiger partial charge in [0.05, 0.1) is 17.1 Å². The third-order valence-corrected chi connectivity index (χ3v) is 7.67. The second kappa shape index (κ2) is 6.63. The van der Waals surface area contributed by atoms with Gasteiger partial charge in [-0.25, -0.2) is 0 Å². The first-order valence-electron chi connectivity index (χ1n) is 11.6. The van der Waals surface area contributed by atoms with Gasteiger partial charge in [-0.1, -0.05) is 57.2 Å². The maximum absolute atomic E-state index is 2.63. The van der Waals surface area contributed by atoms with Crippen molar-refractivity contribution in [2.75, 3.05) is 9.80 Å². The van der Waals surface area contributed by atoms with Gasteiger partial charge in [-0.2, -0.15) is 0 Å². The van der Waals surface area contributed by atoms with Crippen LogP contribution in [0.3, 0.4) is 0 Å². The minimum Gasteiger partial charge on any atom is -0.318 e. The van der Waals surface area contributed by atoms with E-state index in [2.05, 4.69) is 108 Å². The summed E-state index contributed by atoms with van der Waals surface area (Å²) in [6.45, 7) is 18.5. The summed E-state index contributed by atoms with van der Waals surface area (Å²) in [5.41, 5.74) is 15.2. The molecular formula is C29H34N2. The van der Waals surface area contributed by atoms with Crippen LogP contribution in [0.5, 0.6) is 0 Å². The molecule has 2 nitrogen and oxygen atoms in total. The fraction of sp³-hybridized carbons (Fsp3) is 0.379. The van der Waals surface area contributed by atoms with Gasteiger partial charge in [0.15, 0.2) is 0 Å². The number of hydrogen-bond acceptors (Lipinski definition) is 2. The van der Waals surface area contributed by atoms with E-state index in [1.165, 1.54) is 61.7 Å². The molecule has 1 atom stereocenters. The molecule has 3 aromatic rings. The van der Waals surface area contributed by atoms with Gasteiger partial charge in [0.25, 0.3) is 0 Å². The Labute approximate surface area is 187 Å². The standard InChI is InChI=1S/C29H34N2/c1-9-22-13-14-23-27(20(22)5)31-21(6)30(26-18(3)11-10-12-19(26)4)25-16-17(2)15-24(28(25)31)29(23,7)8/h10-16,21H,9H2,1-8H3/t21-/m0/s1. The Kier molecular flexibility index (Phi) is 4.31. The minimum absolute atomic E-state index is 0.0323. The molecule has 0 aromatic heterocycles. The van der Waals surface area contributed by atoms with Crippen LogP contribution >= 0.6 is 0 Å². The van der Waals surface area contributed by atoms with Crippen molar-refractivity contribution in [2.24, 2.45) is 0 Å². The van der Waals surface area contributed by atoms with Crippen molar-refractivity contribution in [3.63, 3.8) is 0 Å². The number of anilines is 4. The minimum atomic E-state index is -0.0323. The number of hydrogen-bond donors (Lipinski definition) is 0. The number of nitrogens with zero attached hydrogens (tertiary/aromatic N) is 2. The van der Waals surface area contributed by atoms with E-state index in [1.54, 1.807) is 0 Å². The van der Waals surface area contributed by atoms with Gasteiger partial charge in [-0.05, 0) is 86.1 Å². The molecule has 2 aliphatic heterocycles. The predicted molar refractivity (Wildman–Crippen MR) is 134 cm³/mol. The second-order valence-corrected chi connectivity index (χ2v) is 10.0. The fourth-order valence-electron chi connectivity index (χ4n) is 6.05. The molecule has 0 saturated heterocycles. The van der Waals surface area contributed by atoms with Crippen LogP contribution in [0.1, 0.15) is 66.6 Å². The van der Waals surface area contributed by atoms with Crippen LogP contribution in [0.4, 0.5) is 22.7 Å². The van der Waals surface area contributed by atoms with Gasteiger partial charge in [-0.3, -0.25) is 0 Å². The highest BCUT2D eigenvalue weighted by molar-refractivity contribution is 5.96. The maximum atomic E-state index is 2.63. The molecule has 0 radical (unpaired) electrons. The Morgan fingerprint density at radius 2 is 1.48 bits per heavy atom. The fourth-order valence-corrected chi connectivity index (χ4v) is 6.05. The van der Waals surface area contributed by atoms with Crippen molar-refractivity contribution in [2.45, 2.75) is 73.4 Å². The molecule has 2 heterocycles. The van der Waals surface area contributed by atoms with Crippen LogP contribution in [0.15, 0.2) is 42.5 Å². The first kappa shape index (κ1) is 20.2. The molecule has 0 bridgehead atoms. The summed E-state index contributed by atoms with van der Waals surface area (Å²) in [4.78, 5) is 5.21. The summed E-state index contributed by atoms with van der Waals surface area (Å²) >= 11 is 0. The molecule has 0 N–H and O–H groups in total. The highest BCUT2D eigenvalue weighted by Gasteiger charge is 2.46. The molecule has 0 spiro atoms. The monoisotopic (exact) mass is 410 g/mol. The Hall–Kier alpha value is -2.74. The van der Waals surface area contributed by atoms with Crippen LogP contribution in [0.2, 0.25) is 0 Å². The molecule has 5 rings (SSSR count). The van der Waals surface area contributed by atoms with E-state index in [0.29, 0.717) is 0 Å². The first-order valence-corrected chi connectivity index (χ1v) is 11.6. The predicted octanol–water partition coefficient (Wildman–Crippen LogP) is 7.76. The molecule has 0 aliphatic carbocycles. The first-order chi connectivity index (χ1) is 14.7. The zero-order valence-corrected chi connectivity index (χ0v) is 20.2. The van der Waals surface area contributed by atoms with Crippen molar-refractivity contribution >= 4 is 22.7 Å². The Bertz CT molecular complexity index is 1200. The molecule has 0 saturated carbocycles. The molecular weight excluding hydrogens is 376 g/mol. The van der Waals surface area contributed by atoms with Crippen LogP contribution in [-0.2, 0) is 11.8 Å². The van der Waals surface area contributed by atoms with Crippen molar-refractivity contribution in [3.8, 4) is 0 Å². The lowest BCUT2D eigenvalue weighted by Gasteiger charge is -2.43. The van der Waals surface area contributed by atoms with E-state index in [1.807, 2.05) is 0 Å². The van der Waals surface area contributed by atoms with Crippen LogP contribution in [-0.4, -0.2) is 6.17 Å². The van der Waals surface area contributed by atoms with Gasteiger partial charge >= 0.3 is 0 Å². The van der Waals surface area contributed by atoms with E-state index in [4.69, 9.17) is 0 Å². The molecule has 0 fully saturated rings. The topological polar surface area (TPSA) is 6.48 Å². The normalized spacial score (nSPS) is 18.3. The Morgan fingerprint density at radius 1 is 0.806 bits per heavy atom. The van der Waals surface area contributed by atoms with E-state index < -0.39 is 0 Å². The Balaban J connectivity index is 1.88. The largest absolute Gasteiger partial charge is 0.318 e. The van der Waals surface area contributed by atoms with Gasteiger partial charge in [0.2, 0.25) is 0 Å². The van der Waals surface area contributed by atoms with Crippen LogP contribution in [0, 0.1) is 27.7 Å². The lowest BCUT2D eigenvalue weighted by molar-refractivity contribution is 0.616.